The highest BCUT2D eigenvalue weighted by Gasteiger charge is 2.42. The van der Waals surface area contributed by atoms with Crippen molar-refractivity contribution in [2.75, 3.05) is 11.9 Å². The molecule has 2 atom stereocenters. The maximum absolute atomic E-state index is 13.1. The lowest BCUT2D eigenvalue weighted by Crippen LogP contribution is -2.50. The average Bonchev–Trinajstić information content (AvgIpc) is 2.86. The highest BCUT2D eigenvalue weighted by atomic mass is 19.1. The number of benzene rings is 1. The van der Waals surface area contributed by atoms with Crippen LogP contribution >= 0.6 is 0 Å². The van der Waals surface area contributed by atoms with Crippen molar-refractivity contribution in [2.45, 2.75) is 58.2 Å². The zero-order valence-electron chi connectivity index (χ0n) is 14.9. The average molecular weight is 336 g/mol. The molecule has 1 saturated heterocycles. The number of nitrogens with zero attached hydrogens (tertiary/aromatic N) is 2. The molecule has 0 unspecified atom stereocenters. The summed E-state index contributed by atoms with van der Waals surface area (Å²) < 4.78 is 18.5. The van der Waals surface area contributed by atoms with E-state index in [4.69, 9.17) is 4.74 Å². The van der Waals surface area contributed by atoms with Gasteiger partial charge in [0.25, 0.3) is 0 Å². The minimum atomic E-state index is -0.615. The number of likely N-dealkylation sites (N-methyl/N-ethyl adjacent to an activating group) is 1. The first-order valence-electron chi connectivity index (χ1n) is 8.14. The number of carbonyl (C=O) groups is 2. The Bertz CT molecular complexity index is 610. The molecule has 1 aliphatic heterocycles. The molecule has 1 aromatic carbocycles. The second kappa shape index (κ2) is 6.79. The Morgan fingerprint density at radius 2 is 1.79 bits per heavy atom. The molecule has 0 aliphatic carbocycles. The molecule has 24 heavy (non-hydrogen) atoms. The largest absolute Gasteiger partial charge is 0.444 e. The number of hydrogen-bond donors (Lipinski definition) is 0. The summed E-state index contributed by atoms with van der Waals surface area (Å²) in [5.41, 5.74) is -0.0272. The van der Waals surface area contributed by atoms with E-state index >= 15 is 0 Å². The van der Waals surface area contributed by atoms with Crippen LogP contribution in [-0.2, 0) is 9.53 Å². The van der Waals surface area contributed by atoms with E-state index in [-0.39, 0.29) is 17.8 Å². The molecule has 0 radical (unpaired) electrons. The molecular weight excluding hydrogens is 311 g/mol. The van der Waals surface area contributed by atoms with Gasteiger partial charge in [-0.25, -0.2) is 9.18 Å². The van der Waals surface area contributed by atoms with Crippen LogP contribution in [0.1, 0.15) is 40.5 Å². The normalized spacial score (nSPS) is 20.8. The molecule has 0 bridgehead atoms. The van der Waals surface area contributed by atoms with Crippen LogP contribution in [0, 0.1) is 5.82 Å². The molecule has 0 spiro atoms. The van der Waals surface area contributed by atoms with Crippen LogP contribution in [0.25, 0.3) is 0 Å². The van der Waals surface area contributed by atoms with E-state index < -0.39 is 17.7 Å². The standard InChI is InChI=1S/C18H25FN2O3/c1-12-6-11-15(21(12)17(23)24-18(2,3)4)16(22)20(5)14-9-7-13(19)8-10-14/h7-10,12,15H,6,11H2,1-5H3/t12-,15-/m0/s1. The van der Waals surface area contributed by atoms with Gasteiger partial charge in [0.1, 0.15) is 17.5 Å². The second-order valence-corrected chi connectivity index (χ2v) is 7.20. The van der Waals surface area contributed by atoms with Crippen LogP contribution in [0.3, 0.4) is 0 Å². The molecule has 0 aromatic heterocycles. The van der Waals surface area contributed by atoms with Crippen LogP contribution < -0.4 is 4.90 Å². The molecule has 0 N–H and O–H groups in total. The number of likely N-dealkylation sites (tertiary alicyclic amines) is 1. The Kier molecular flexibility index (Phi) is 5.16. The summed E-state index contributed by atoms with van der Waals surface area (Å²) in [6, 6.07) is 5.08. The molecule has 5 nitrogen and oxygen atoms in total. The number of hydrogen-bond acceptors (Lipinski definition) is 3. The van der Waals surface area contributed by atoms with Crippen LogP contribution in [-0.4, -0.2) is 41.6 Å². The summed E-state index contributed by atoms with van der Waals surface area (Å²) in [7, 11) is 1.63. The first kappa shape index (κ1) is 18.2. The highest BCUT2D eigenvalue weighted by Crippen LogP contribution is 2.28. The van der Waals surface area contributed by atoms with E-state index in [9.17, 15) is 14.0 Å². The molecule has 132 valence electrons. The molecule has 2 rings (SSSR count). The van der Waals surface area contributed by atoms with Crippen molar-refractivity contribution in [3.63, 3.8) is 0 Å². The van der Waals surface area contributed by atoms with E-state index in [1.54, 1.807) is 40.0 Å². The van der Waals surface area contributed by atoms with Gasteiger partial charge in [-0.3, -0.25) is 9.69 Å². The molecule has 1 aliphatic rings. The van der Waals surface area contributed by atoms with Crippen molar-refractivity contribution in [1.29, 1.82) is 0 Å². The molecular formula is C18H25FN2O3. The Labute approximate surface area is 142 Å². The highest BCUT2D eigenvalue weighted by molar-refractivity contribution is 5.98. The smallest absolute Gasteiger partial charge is 0.411 e. The molecule has 6 heteroatoms. The van der Waals surface area contributed by atoms with E-state index in [0.717, 1.165) is 6.42 Å². The summed E-state index contributed by atoms with van der Waals surface area (Å²) in [6.07, 6.45) is 0.857. The van der Waals surface area contributed by atoms with Gasteiger partial charge in [0.05, 0.1) is 0 Å². The SMILES string of the molecule is C[C@H]1CC[C@@H](C(=O)N(C)c2ccc(F)cc2)N1C(=O)OC(C)(C)C. The quantitative estimate of drug-likeness (QED) is 0.829. The van der Waals surface area contributed by atoms with Crippen LogP contribution in [0.4, 0.5) is 14.9 Å². The summed E-state index contributed by atoms with van der Waals surface area (Å²) in [4.78, 5) is 28.3. The van der Waals surface area contributed by atoms with Crippen LogP contribution in [0.2, 0.25) is 0 Å². The second-order valence-electron chi connectivity index (χ2n) is 7.20. The van der Waals surface area contributed by atoms with Crippen LogP contribution in [0.15, 0.2) is 24.3 Å². The first-order valence-corrected chi connectivity index (χ1v) is 8.14. The minimum Gasteiger partial charge on any atom is -0.444 e. The van der Waals surface area contributed by atoms with Gasteiger partial charge in [0.2, 0.25) is 5.91 Å². The van der Waals surface area contributed by atoms with Gasteiger partial charge in [-0.1, -0.05) is 0 Å². The van der Waals surface area contributed by atoms with Gasteiger partial charge in [0, 0.05) is 18.8 Å². The predicted octanol–water partition coefficient (Wildman–Crippen LogP) is 3.58. The van der Waals surface area contributed by atoms with Crippen LogP contribution in [0.5, 0.6) is 0 Å². The fourth-order valence-corrected chi connectivity index (χ4v) is 2.86. The third-order valence-corrected chi connectivity index (χ3v) is 4.10. The van der Waals surface area contributed by atoms with Gasteiger partial charge in [0.15, 0.2) is 0 Å². The Morgan fingerprint density at radius 1 is 1.21 bits per heavy atom. The number of amides is 2. The first-order chi connectivity index (χ1) is 11.1. The zero-order chi connectivity index (χ0) is 18.1. The van der Waals surface area contributed by atoms with Gasteiger partial charge < -0.3 is 9.64 Å². The maximum Gasteiger partial charge on any atom is 0.411 e. The lowest BCUT2D eigenvalue weighted by Gasteiger charge is -2.32. The zero-order valence-corrected chi connectivity index (χ0v) is 14.9. The van der Waals surface area contributed by atoms with E-state index in [1.165, 1.54) is 21.9 Å². The Balaban J connectivity index is 2.17. The van der Waals surface area contributed by atoms with Crippen molar-refractivity contribution < 1.29 is 18.7 Å². The lowest BCUT2D eigenvalue weighted by atomic mass is 10.1. The van der Waals surface area contributed by atoms with E-state index in [1.807, 2.05) is 6.92 Å². The van der Waals surface area contributed by atoms with Crippen molar-refractivity contribution in [1.82, 2.24) is 4.90 Å². The van der Waals surface area contributed by atoms with Crippen molar-refractivity contribution in [2.24, 2.45) is 0 Å². The maximum atomic E-state index is 13.1. The molecule has 2 amide bonds. The molecule has 1 aromatic rings. The fourth-order valence-electron chi connectivity index (χ4n) is 2.86. The summed E-state index contributed by atoms with van der Waals surface area (Å²) in [5, 5.41) is 0. The number of carbonyl (C=O) groups excluding carboxylic acids is 2. The van der Waals surface area contributed by atoms with Gasteiger partial charge in [-0.15, -0.1) is 0 Å². The summed E-state index contributed by atoms with van der Waals surface area (Å²) >= 11 is 0. The van der Waals surface area contributed by atoms with Crippen molar-refractivity contribution >= 4 is 17.7 Å². The Morgan fingerprint density at radius 3 is 2.33 bits per heavy atom. The monoisotopic (exact) mass is 336 g/mol. The van der Waals surface area contributed by atoms with Crippen molar-refractivity contribution in [3.05, 3.63) is 30.1 Å². The Hall–Kier alpha value is -2.11. The molecule has 0 saturated carbocycles. The van der Waals surface area contributed by atoms with Gasteiger partial charge >= 0.3 is 6.09 Å². The fraction of sp³-hybridized carbons (Fsp3) is 0.556. The minimum absolute atomic E-state index is 0.0598. The number of halogens is 1. The number of ether oxygens (including phenoxy) is 1. The van der Waals surface area contributed by atoms with Gasteiger partial charge in [-0.2, -0.15) is 0 Å². The molecule has 1 fully saturated rings. The summed E-state index contributed by atoms with van der Waals surface area (Å²) in [5.74, 6) is -0.554. The van der Waals surface area contributed by atoms with E-state index in [0.29, 0.717) is 12.1 Å². The topological polar surface area (TPSA) is 49.9 Å². The third-order valence-electron chi connectivity index (χ3n) is 4.10. The number of anilines is 1. The van der Waals surface area contributed by atoms with Gasteiger partial charge in [-0.05, 0) is 64.8 Å². The lowest BCUT2D eigenvalue weighted by molar-refractivity contribution is -0.123. The summed E-state index contributed by atoms with van der Waals surface area (Å²) in [6.45, 7) is 7.31. The van der Waals surface area contributed by atoms with Crippen molar-refractivity contribution in [3.8, 4) is 0 Å². The molecule has 1 heterocycles. The number of rotatable bonds is 2. The third kappa shape index (κ3) is 4.04. The van der Waals surface area contributed by atoms with E-state index in [2.05, 4.69) is 0 Å². The predicted molar refractivity (Wildman–Crippen MR) is 90.4 cm³/mol.